The van der Waals surface area contributed by atoms with Gasteiger partial charge in [0.25, 0.3) is 0 Å². The van der Waals surface area contributed by atoms with Crippen molar-refractivity contribution in [3.8, 4) is 0 Å². The van der Waals surface area contributed by atoms with Gasteiger partial charge < -0.3 is 21.5 Å². The molecule has 0 rings (SSSR count). The van der Waals surface area contributed by atoms with Crippen LogP contribution in [-0.2, 0) is 0 Å². The lowest BCUT2D eigenvalue weighted by Gasteiger charge is -2.31. The van der Waals surface area contributed by atoms with Crippen LogP contribution in [0, 0.1) is 0 Å². The lowest BCUT2D eigenvalue weighted by Crippen LogP contribution is -3.00. The number of hydrogen-bond acceptors (Lipinski definition) is 0. The zero-order chi connectivity index (χ0) is 9.61. The molecule has 0 aliphatic carbocycles. The number of hydrogen-bond donors (Lipinski definition) is 0. The molecule has 0 saturated carbocycles. The molecule has 0 spiro atoms. The Morgan fingerprint density at radius 1 is 1.00 bits per heavy atom. The van der Waals surface area contributed by atoms with Crippen LogP contribution in [0.2, 0.25) is 0 Å². The van der Waals surface area contributed by atoms with Gasteiger partial charge in [0.05, 0.1) is 27.2 Å². The van der Waals surface area contributed by atoms with Gasteiger partial charge in [-0.05, 0) is 19.8 Å². The molecule has 0 fully saturated rings. The third-order valence-electron chi connectivity index (χ3n) is 2.80. The Labute approximate surface area is 94.9 Å². The van der Waals surface area contributed by atoms with E-state index >= 15 is 0 Å². The molecule has 0 N–H and O–H groups in total. The molecule has 0 aromatic heterocycles. The first-order chi connectivity index (χ1) is 5.48. The normalized spacial score (nSPS) is 13.6. The van der Waals surface area contributed by atoms with Crippen molar-refractivity contribution in [2.45, 2.75) is 52.0 Å². The zero-order valence-corrected chi connectivity index (χ0v) is 11.5. The van der Waals surface area contributed by atoms with Gasteiger partial charge in [0.1, 0.15) is 0 Å². The van der Waals surface area contributed by atoms with Crippen LogP contribution in [0.5, 0.6) is 0 Å². The Kier molecular flexibility index (Phi) is 9.55. The molecule has 2 heteroatoms. The maximum atomic E-state index is 2.35. The Morgan fingerprint density at radius 2 is 1.54 bits per heavy atom. The van der Waals surface area contributed by atoms with Crippen LogP contribution in [0.1, 0.15) is 46.0 Å². The molecule has 0 radical (unpaired) electrons. The van der Waals surface area contributed by atoms with Gasteiger partial charge in [-0.2, -0.15) is 0 Å². The van der Waals surface area contributed by atoms with Gasteiger partial charge in [-0.15, -0.1) is 0 Å². The summed E-state index contributed by atoms with van der Waals surface area (Å²) in [5.41, 5.74) is 0. The third-order valence-corrected chi connectivity index (χ3v) is 2.80. The monoisotopic (exact) mass is 251 g/mol. The highest BCUT2D eigenvalue weighted by atomic mass is 79.9. The van der Waals surface area contributed by atoms with Crippen LogP contribution in [0.25, 0.3) is 0 Å². The zero-order valence-electron chi connectivity index (χ0n) is 9.94. The fourth-order valence-corrected chi connectivity index (χ4v) is 1.25. The Bertz CT molecular complexity index is 107. The second-order valence-corrected chi connectivity index (χ2v) is 4.81. The molecule has 0 aliphatic rings. The van der Waals surface area contributed by atoms with Crippen molar-refractivity contribution in [3.05, 3.63) is 0 Å². The van der Waals surface area contributed by atoms with Crippen molar-refractivity contribution in [1.82, 2.24) is 0 Å². The molecule has 0 bridgehead atoms. The number of unbranched alkanes of at least 4 members (excludes halogenated alkanes) is 3. The van der Waals surface area contributed by atoms with E-state index in [0.29, 0.717) is 0 Å². The highest BCUT2D eigenvalue weighted by Crippen LogP contribution is 2.12. The van der Waals surface area contributed by atoms with Gasteiger partial charge in [-0.1, -0.05) is 26.2 Å². The van der Waals surface area contributed by atoms with Gasteiger partial charge in [-0.25, -0.2) is 0 Å². The molecule has 82 valence electrons. The molecular formula is C11H26BrN. The van der Waals surface area contributed by atoms with E-state index in [2.05, 4.69) is 35.0 Å². The van der Waals surface area contributed by atoms with Crippen molar-refractivity contribution >= 4 is 0 Å². The lowest BCUT2D eigenvalue weighted by molar-refractivity contribution is -0.894. The molecule has 0 amide bonds. The second-order valence-electron chi connectivity index (χ2n) is 4.81. The predicted octanol–water partition coefficient (Wildman–Crippen LogP) is 0.0555. The van der Waals surface area contributed by atoms with Crippen LogP contribution in [0.4, 0.5) is 0 Å². The van der Waals surface area contributed by atoms with Crippen molar-refractivity contribution in [2.24, 2.45) is 0 Å². The Morgan fingerprint density at radius 3 is 1.92 bits per heavy atom. The maximum Gasteiger partial charge on any atom is 0.0855 e. The van der Waals surface area contributed by atoms with E-state index in [1.807, 2.05) is 0 Å². The topological polar surface area (TPSA) is 0 Å². The van der Waals surface area contributed by atoms with Crippen LogP contribution >= 0.6 is 0 Å². The second kappa shape index (κ2) is 7.81. The summed E-state index contributed by atoms with van der Waals surface area (Å²) < 4.78 is 1.10. The van der Waals surface area contributed by atoms with Gasteiger partial charge in [0.2, 0.25) is 0 Å². The number of rotatable bonds is 6. The van der Waals surface area contributed by atoms with Crippen molar-refractivity contribution < 1.29 is 21.5 Å². The summed E-state index contributed by atoms with van der Waals surface area (Å²) in [4.78, 5) is 0. The molecular weight excluding hydrogens is 226 g/mol. The summed E-state index contributed by atoms with van der Waals surface area (Å²) in [6.07, 6.45) is 6.96. The first kappa shape index (κ1) is 15.9. The summed E-state index contributed by atoms with van der Waals surface area (Å²) in [5, 5.41) is 0. The summed E-state index contributed by atoms with van der Waals surface area (Å²) in [7, 11) is 6.85. The average molecular weight is 252 g/mol. The number of quaternary nitrogens is 1. The predicted molar refractivity (Wildman–Crippen MR) is 56.3 cm³/mol. The maximum absolute atomic E-state index is 2.35. The van der Waals surface area contributed by atoms with Crippen LogP contribution in [-0.4, -0.2) is 31.7 Å². The van der Waals surface area contributed by atoms with Gasteiger partial charge >= 0.3 is 0 Å². The first-order valence-electron chi connectivity index (χ1n) is 5.29. The fraction of sp³-hybridized carbons (Fsp3) is 1.00. The molecule has 1 unspecified atom stereocenters. The smallest absolute Gasteiger partial charge is 0.0855 e. The summed E-state index contributed by atoms with van der Waals surface area (Å²) in [5.74, 6) is 0. The Balaban J connectivity index is 0. The van der Waals surface area contributed by atoms with Crippen LogP contribution in [0.15, 0.2) is 0 Å². The quantitative estimate of drug-likeness (QED) is 0.463. The number of halogens is 1. The van der Waals surface area contributed by atoms with E-state index in [1.54, 1.807) is 0 Å². The molecule has 0 heterocycles. The fourth-order valence-electron chi connectivity index (χ4n) is 1.25. The van der Waals surface area contributed by atoms with E-state index < -0.39 is 0 Å². The van der Waals surface area contributed by atoms with Crippen molar-refractivity contribution in [2.75, 3.05) is 21.1 Å². The van der Waals surface area contributed by atoms with Gasteiger partial charge in [0.15, 0.2) is 0 Å². The standard InChI is InChI=1S/C11H26N.BrH/c1-6-7-8-9-10-11(2)12(3,4)5;/h11H,6-10H2,1-5H3;1H/q+1;/p-1. The lowest BCUT2D eigenvalue weighted by atomic mass is 10.1. The highest BCUT2D eigenvalue weighted by Gasteiger charge is 2.16. The molecule has 0 saturated heterocycles. The van der Waals surface area contributed by atoms with E-state index in [-0.39, 0.29) is 17.0 Å². The van der Waals surface area contributed by atoms with Crippen molar-refractivity contribution in [3.63, 3.8) is 0 Å². The van der Waals surface area contributed by atoms with E-state index in [4.69, 9.17) is 0 Å². The minimum absolute atomic E-state index is 0. The molecule has 0 aromatic rings. The van der Waals surface area contributed by atoms with Gasteiger partial charge in [-0.3, -0.25) is 0 Å². The largest absolute Gasteiger partial charge is 1.00 e. The highest BCUT2D eigenvalue weighted by molar-refractivity contribution is 4.50. The summed E-state index contributed by atoms with van der Waals surface area (Å²) in [6.45, 7) is 4.62. The SMILES string of the molecule is CCCCCCC(C)[N+](C)(C)C.[Br-]. The first-order valence-corrected chi connectivity index (χ1v) is 5.29. The van der Waals surface area contributed by atoms with Crippen LogP contribution in [0.3, 0.4) is 0 Å². The third kappa shape index (κ3) is 8.76. The molecule has 0 aromatic carbocycles. The minimum atomic E-state index is 0. The number of nitrogens with zero attached hydrogens (tertiary/aromatic N) is 1. The summed E-state index contributed by atoms with van der Waals surface area (Å²) >= 11 is 0. The molecule has 13 heavy (non-hydrogen) atoms. The van der Waals surface area contributed by atoms with E-state index in [9.17, 15) is 0 Å². The van der Waals surface area contributed by atoms with E-state index in [0.717, 1.165) is 10.5 Å². The molecule has 1 atom stereocenters. The molecule has 1 nitrogen and oxygen atoms in total. The Hall–Kier alpha value is 0.440. The van der Waals surface area contributed by atoms with Crippen molar-refractivity contribution in [1.29, 1.82) is 0 Å². The van der Waals surface area contributed by atoms with E-state index in [1.165, 1.54) is 32.1 Å². The molecule has 0 aliphatic heterocycles. The minimum Gasteiger partial charge on any atom is -1.00 e. The van der Waals surface area contributed by atoms with Gasteiger partial charge in [0, 0.05) is 0 Å². The summed E-state index contributed by atoms with van der Waals surface area (Å²) in [6, 6.07) is 0.807. The van der Waals surface area contributed by atoms with Crippen LogP contribution < -0.4 is 17.0 Å². The average Bonchev–Trinajstić information content (AvgIpc) is 1.96.